The Morgan fingerprint density at radius 1 is 1.60 bits per heavy atom. The van der Waals surface area contributed by atoms with Gasteiger partial charge in [-0.25, -0.2) is 0 Å². The molecule has 0 heterocycles. The highest BCUT2D eigenvalue weighted by atomic mass is 35.5. The highest BCUT2D eigenvalue weighted by Crippen LogP contribution is 1.91. The molecule has 60 valence electrons. The minimum atomic E-state index is -4.15. The molecule has 0 fully saturated rings. The maximum Gasteiger partial charge on any atom is 0.382 e. The molecule has 0 atom stereocenters. The van der Waals surface area contributed by atoms with E-state index in [1.807, 2.05) is 0 Å². The van der Waals surface area contributed by atoms with E-state index in [-0.39, 0.29) is 12.3 Å². The van der Waals surface area contributed by atoms with Crippen LogP contribution >= 0.6 is 11.6 Å². The summed E-state index contributed by atoms with van der Waals surface area (Å²) in [6.07, 6.45) is -0.169. The van der Waals surface area contributed by atoms with E-state index >= 15 is 0 Å². The van der Waals surface area contributed by atoms with Gasteiger partial charge in [0.25, 0.3) is 0 Å². The maximum absolute atomic E-state index is 10.3. The Bertz CT molecular complexity index is 211. The van der Waals surface area contributed by atoms with Crippen LogP contribution in [0.15, 0.2) is 0 Å². The third kappa shape index (κ3) is 5.80. The Balaban J connectivity index is 3.82. The highest BCUT2D eigenvalue weighted by Gasteiger charge is 2.09. The van der Waals surface area contributed by atoms with Crippen molar-refractivity contribution in [2.24, 2.45) is 5.14 Å². The molecule has 0 unspecified atom stereocenters. The lowest BCUT2D eigenvalue weighted by Gasteiger charge is -1.96. The zero-order chi connectivity index (χ0) is 8.20. The molecule has 10 heavy (non-hydrogen) atoms. The van der Waals surface area contributed by atoms with Crippen molar-refractivity contribution in [3.05, 3.63) is 0 Å². The lowest BCUT2D eigenvalue weighted by atomic mass is 10.5. The van der Waals surface area contributed by atoms with Gasteiger partial charge in [-0.05, 0) is 0 Å². The third-order valence-electron chi connectivity index (χ3n) is 0.508. The monoisotopic (exact) mass is 187 g/mol. The fourth-order valence-electron chi connectivity index (χ4n) is 0.248. The minimum absolute atomic E-state index is 0.00829. The number of halogens is 1. The third-order valence-corrected chi connectivity index (χ3v) is 1.11. The Kier molecular flexibility index (Phi) is 3.62. The van der Waals surface area contributed by atoms with E-state index in [0.717, 1.165) is 0 Å². The molecule has 0 aromatic carbocycles. The number of hydrogen-bond acceptors (Lipinski definition) is 4. The van der Waals surface area contributed by atoms with Gasteiger partial charge in [-0.3, -0.25) is 4.79 Å². The van der Waals surface area contributed by atoms with Crippen LogP contribution in [-0.2, 0) is 19.3 Å². The van der Waals surface area contributed by atoms with Gasteiger partial charge in [-0.1, -0.05) is 0 Å². The maximum atomic E-state index is 10.3. The van der Waals surface area contributed by atoms with Gasteiger partial charge < -0.3 is 4.18 Å². The second kappa shape index (κ2) is 3.75. The molecular formula is C3H6ClNO4S. The summed E-state index contributed by atoms with van der Waals surface area (Å²) in [5.41, 5.74) is 0. The summed E-state index contributed by atoms with van der Waals surface area (Å²) in [7, 11) is -4.15. The van der Waals surface area contributed by atoms with E-state index < -0.39 is 16.3 Å². The molecular weight excluding hydrogens is 182 g/mol. The smallest absolute Gasteiger partial charge is 0.334 e. The van der Waals surface area contributed by atoms with Crippen LogP contribution in [0.25, 0.3) is 0 Å². The first-order valence-corrected chi connectivity index (χ1v) is 4.27. The van der Waals surface area contributed by atoms with Crippen LogP contribution in [0.2, 0.25) is 0 Å². The molecule has 5 nitrogen and oxygen atoms in total. The van der Waals surface area contributed by atoms with Gasteiger partial charge in [-0.2, -0.15) is 13.6 Å². The minimum Gasteiger partial charge on any atom is -0.334 e. The van der Waals surface area contributed by atoms with E-state index in [9.17, 15) is 13.2 Å². The fourth-order valence-corrected chi connectivity index (χ4v) is 0.745. The largest absolute Gasteiger partial charge is 0.382 e. The Morgan fingerprint density at radius 3 is 2.40 bits per heavy atom. The molecule has 0 saturated heterocycles. The molecule has 0 rings (SSSR count). The fraction of sp³-hybridized carbons (Fsp3) is 0.667. The normalized spacial score (nSPS) is 11.0. The van der Waals surface area contributed by atoms with Crippen molar-refractivity contribution in [1.29, 1.82) is 0 Å². The number of rotatable bonds is 3. The predicted molar refractivity (Wildman–Crippen MR) is 34.5 cm³/mol. The average Bonchev–Trinajstić information content (AvgIpc) is 1.59. The molecule has 2 N–H and O–H groups in total. The molecule has 7 heteroatoms. The van der Waals surface area contributed by atoms with E-state index in [2.05, 4.69) is 9.32 Å². The molecule has 0 amide bonds. The SMILES string of the molecule is NS(=O)(=O)OC(=O)CCCl. The van der Waals surface area contributed by atoms with Crippen LogP contribution in [0.1, 0.15) is 6.42 Å². The standard InChI is InChI=1S/C3H6ClNO4S/c4-2-1-3(6)9-10(5,7)8/h1-2H2,(H2,5,7,8). The number of nitrogens with two attached hydrogens (primary N) is 1. The summed E-state index contributed by atoms with van der Waals surface area (Å²) in [4.78, 5) is 10.3. The van der Waals surface area contributed by atoms with Gasteiger partial charge in [0.2, 0.25) is 0 Å². The van der Waals surface area contributed by atoms with E-state index in [1.54, 1.807) is 0 Å². The Labute approximate surface area is 63.4 Å². The zero-order valence-electron chi connectivity index (χ0n) is 4.91. The quantitative estimate of drug-likeness (QED) is 0.596. The van der Waals surface area contributed by atoms with Gasteiger partial charge in [0.15, 0.2) is 0 Å². The molecule has 0 radical (unpaired) electrons. The van der Waals surface area contributed by atoms with Crippen LogP contribution < -0.4 is 5.14 Å². The summed E-state index contributed by atoms with van der Waals surface area (Å²) < 4.78 is 23.7. The van der Waals surface area contributed by atoms with Crippen LogP contribution in [0.4, 0.5) is 0 Å². The van der Waals surface area contributed by atoms with Crippen molar-refractivity contribution in [2.45, 2.75) is 6.42 Å². The molecule has 0 aromatic heterocycles. The average molecular weight is 188 g/mol. The second-order valence-electron chi connectivity index (χ2n) is 1.39. The van der Waals surface area contributed by atoms with Crippen LogP contribution in [0.5, 0.6) is 0 Å². The zero-order valence-corrected chi connectivity index (χ0v) is 6.48. The van der Waals surface area contributed by atoms with Crippen molar-refractivity contribution in [3.63, 3.8) is 0 Å². The van der Waals surface area contributed by atoms with Gasteiger partial charge in [0, 0.05) is 5.88 Å². The lowest BCUT2D eigenvalue weighted by Crippen LogP contribution is -2.20. The van der Waals surface area contributed by atoms with Gasteiger partial charge >= 0.3 is 16.3 Å². The number of carbonyl (C=O) groups is 1. The van der Waals surface area contributed by atoms with Crippen molar-refractivity contribution in [2.75, 3.05) is 5.88 Å². The first-order valence-electron chi connectivity index (χ1n) is 2.26. The molecule has 0 saturated carbocycles. The molecule has 0 aliphatic heterocycles. The predicted octanol–water partition coefficient (Wildman–Crippen LogP) is -0.638. The Morgan fingerprint density at radius 2 is 2.10 bits per heavy atom. The highest BCUT2D eigenvalue weighted by molar-refractivity contribution is 7.84. The molecule has 0 aromatic rings. The van der Waals surface area contributed by atoms with E-state index in [1.165, 1.54) is 0 Å². The first kappa shape index (κ1) is 9.67. The Hall–Kier alpha value is -0.330. The van der Waals surface area contributed by atoms with Crippen molar-refractivity contribution in [3.8, 4) is 0 Å². The molecule has 0 aliphatic carbocycles. The number of hydrogen-bond donors (Lipinski definition) is 1. The summed E-state index contributed by atoms with van der Waals surface area (Å²) in [6, 6.07) is 0. The first-order chi connectivity index (χ1) is 4.45. The summed E-state index contributed by atoms with van der Waals surface area (Å²) in [6.45, 7) is 0. The van der Waals surface area contributed by atoms with Crippen molar-refractivity contribution < 1.29 is 17.4 Å². The van der Waals surface area contributed by atoms with Gasteiger partial charge in [-0.15, -0.1) is 11.6 Å². The van der Waals surface area contributed by atoms with Gasteiger partial charge in [0.1, 0.15) is 0 Å². The summed E-state index contributed by atoms with van der Waals surface area (Å²) in [5, 5.41) is 4.35. The van der Waals surface area contributed by atoms with E-state index in [4.69, 9.17) is 11.6 Å². The summed E-state index contributed by atoms with van der Waals surface area (Å²) >= 11 is 5.09. The van der Waals surface area contributed by atoms with Crippen molar-refractivity contribution >= 4 is 27.9 Å². The van der Waals surface area contributed by atoms with Gasteiger partial charge in [0.05, 0.1) is 6.42 Å². The van der Waals surface area contributed by atoms with Crippen LogP contribution in [0.3, 0.4) is 0 Å². The molecule has 0 spiro atoms. The summed E-state index contributed by atoms with van der Waals surface area (Å²) in [5.74, 6) is -0.938. The number of alkyl halides is 1. The molecule has 0 bridgehead atoms. The second-order valence-corrected chi connectivity index (χ2v) is 2.92. The topological polar surface area (TPSA) is 86.5 Å². The number of carbonyl (C=O) groups excluding carboxylic acids is 1. The van der Waals surface area contributed by atoms with Crippen LogP contribution in [0, 0.1) is 0 Å². The van der Waals surface area contributed by atoms with Crippen LogP contribution in [-0.4, -0.2) is 20.3 Å². The lowest BCUT2D eigenvalue weighted by molar-refractivity contribution is -0.133. The van der Waals surface area contributed by atoms with Crippen molar-refractivity contribution in [1.82, 2.24) is 0 Å². The molecule has 0 aliphatic rings. The van der Waals surface area contributed by atoms with E-state index in [0.29, 0.717) is 0 Å².